The van der Waals surface area contributed by atoms with E-state index in [2.05, 4.69) is 32.1 Å². The Hall–Kier alpha value is -1.53. The minimum atomic E-state index is -0.116. The molecule has 1 atom stereocenters. The normalized spacial score (nSPS) is 23.0. The van der Waals surface area contributed by atoms with Gasteiger partial charge in [0.25, 0.3) is 5.91 Å². The van der Waals surface area contributed by atoms with Gasteiger partial charge < -0.3 is 10.2 Å². The Bertz CT molecular complexity index is 515. The van der Waals surface area contributed by atoms with Crippen molar-refractivity contribution < 1.29 is 4.79 Å². The summed E-state index contributed by atoms with van der Waals surface area (Å²) in [6.07, 6.45) is 8.16. The monoisotopic (exact) mass is 303 g/mol. The molecule has 2 aliphatic rings. The number of rotatable bonds is 5. The second-order valence-electron chi connectivity index (χ2n) is 6.27. The van der Waals surface area contributed by atoms with Crippen LogP contribution in [0.2, 0.25) is 0 Å². The molecule has 0 bridgehead atoms. The van der Waals surface area contributed by atoms with Crippen LogP contribution in [0.15, 0.2) is 12.4 Å². The summed E-state index contributed by atoms with van der Waals surface area (Å²) in [5.41, 5.74) is 1.34. The van der Waals surface area contributed by atoms with Crippen LogP contribution in [-0.4, -0.2) is 65.4 Å². The van der Waals surface area contributed by atoms with E-state index in [9.17, 15) is 4.79 Å². The van der Waals surface area contributed by atoms with E-state index in [1.165, 1.54) is 19.3 Å². The summed E-state index contributed by atoms with van der Waals surface area (Å²) in [6, 6.07) is 0.296. The number of likely N-dealkylation sites (tertiary alicyclic amines) is 2. The zero-order valence-electron chi connectivity index (χ0n) is 13.3. The van der Waals surface area contributed by atoms with Crippen LogP contribution in [0.3, 0.4) is 0 Å². The highest BCUT2D eigenvalue weighted by atomic mass is 16.1. The van der Waals surface area contributed by atoms with Crippen molar-refractivity contribution in [3.8, 4) is 0 Å². The second kappa shape index (κ2) is 7.15. The Morgan fingerprint density at radius 3 is 2.82 bits per heavy atom. The molecule has 6 nitrogen and oxygen atoms in total. The quantitative estimate of drug-likeness (QED) is 0.881. The van der Waals surface area contributed by atoms with Gasteiger partial charge in [0.15, 0.2) is 0 Å². The lowest BCUT2D eigenvalue weighted by Crippen LogP contribution is -2.34. The van der Waals surface area contributed by atoms with E-state index in [1.807, 2.05) is 0 Å². The maximum atomic E-state index is 12.2. The standard InChI is InChI=1S/C16H25N5O/c1-20-7-4-5-15(20)13-11-17-12-14(19-13)16(22)18-6-10-21-8-2-3-9-21/h11-12,15H,2-10H2,1H3,(H,18,22)/t15-/m1/s1. The first-order valence-corrected chi connectivity index (χ1v) is 8.27. The van der Waals surface area contributed by atoms with Crippen molar-refractivity contribution in [3.05, 3.63) is 23.8 Å². The summed E-state index contributed by atoms with van der Waals surface area (Å²) < 4.78 is 0. The zero-order chi connectivity index (χ0) is 15.4. The maximum Gasteiger partial charge on any atom is 0.271 e. The van der Waals surface area contributed by atoms with Crippen LogP contribution >= 0.6 is 0 Å². The van der Waals surface area contributed by atoms with Crippen molar-refractivity contribution in [2.45, 2.75) is 31.7 Å². The third kappa shape index (κ3) is 3.62. The molecule has 0 aliphatic carbocycles. The maximum absolute atomic E-state index is 12.2. The second-order valence-corrected chi connectivity index (χ2v) is 6.27. The number of carbonyl (C=O) groups is 1. The highest BCUT2D eigenvalue weighted by Crippen LogP contribution is 2.28. The summed E-state index contributed by atoms with van der Waals surface area (Å²) >= 11 is 0. The Labute approximate surface area is 131 Å². The minimum absolute atomic E-state index is 0.116. The van der Waals surface area contributed by atoms with Crippen LogP contribution in [0.25, 0.3) is 0 Å². The predicted octanol–water partition coefficient (Wildman–Crippen LogP) is 1.07. The third-order valence-electron chi connectivity index (χ3n) is 4.66. The number of hydrogen-bond acceptors (Lipinski definition) is 5. The van der Waals surface area contributed by atoms with Crippen LogP contribution in [0.1, 0.15) is 47.9 Å². The van der Waals surface area contributed by atoms with Gasteiger partial charge in [-0.2, -0.15) is 0 Å². The molecule has 0 radical (unpaired) electrons. The van der Waals surface area contributed by atoms with E-state index in [0.29, 0.717) is 18.3 Å². The Balaban J connectivity index is 1.55. The first kappa shape index (κ1) is 15.4. The number of nitrogens with zero attached hydrogens (tertiary/aromatic N) is 4. The van der Waals surface area contributed by atoms with Crippen molar-refractivity contribution in [2.24, 2.45) is 0 Å². The van der Waals surface area contributed by atoms with Gasteiger partial charge in [-0.3, -0.25) is 14.7 Å². The molecular weight excluding hydrogens is 278 g/mol. The lowest BCUT2D eigenvalue weighted by Gasteiger charge is -2.18. The van der Waals surface area contributed by atoms with Gasteiger partial charge >= 0.3 is 0 Å². The largest absolute Gasteiger partial charge is 0.349 e. The van der Waals surface area contributed by atoms with Crippen molar-refractivity contribution in [1.82, 2.24) is 25.1 Å². The van der Waals surface area contributed by atoms with Crippen LogP contribution < -0.4 is 5.32 Å². The molecule has 3 heterocycles. The zero-order valence-corrected chi connectivity index (χ0v) is 13.3. The van der Waals surface area contributed by atoms with Crippen LogP contribution in [0.5, 0.6) is 0 Å². The molecular formula is C16H25N5O. The molecule has 3 rings (SSSR count). The molecule has 1 amide bonds. The highest BCUT2D eigenvalue weighted by Gasteiger charge is 2.24. The van der Waals surface area contributed by atoms with Gasteiger partial charge in [0, 0.05) is 13.1 Å². The van der Waals surface area contributed by atoms with Crippen molar-refractivity contribution in [1.29, 1.82) is 0 Å². The van der Waals surface area contributed by atoms with E-state index in [4.69, 9.17) is 0 Å². The third-order valence-corrected chi connectivity index (χ3v) is 4.66. The molecule has 0 unspecified atom stereocenters. The SMILES string of the molecule is CN1CCC[C@@H]1c1cncc(C(=O)NCCN2CCCC2)n1. The predicted molar refractivity (Wildman–Crippen MR) is 84.6 cm³/mol. The molecule has 2 aliphatic heterocycles. The van der Waals surface area contributed by atoms with Gasteiger partial charge in [0.2, 0.25) is 0 Å². The van der Waals surface area contributed by atoms with Crippen molar-refractivity contribution in [2.75, 3.05) is 39.8 Å². The molecule has 1 aromatic heterocycles. The topological polar surface area (TPSA) is 61.4 Å². The van der Waals surface area contributed by atoms with E-state index >= 15 is 0 Å². The fraction of sp³-hybridized carbons (Fsp3) is 0.688. The lowest BCUT2D eigenvalue weighted by atomic mass is 10.1. The minimum Gasteiger partial charge on any atom is -0.349 e. The van der Waals surface area contributed by atoms with Gasteiger partial charge in [0.1, 0.15) is 5.69 Å². The molecule has 2 fully saturated rings. The van der Waals surface area contributed by atoms with Crippen LogP contribution in [-0.2, 0) is 0 Å². The molecule has 2 saturated heterocycles. The average molecular weight is 303 g/mol. The summed E-state index contributed by atoms with van der Waals surface area (Å²) in [6.45, 7) is 4.98. The summed E-state index contributed by atoms with van der Waals surface area (Å²) in [5.74, 6) is -0.116. The van der Waals surface area contributed by atoms with Crippen LogP contribution in [0.4, 0.5) is 0 Å². The van der Waals surface area contributed by atoms with E-state index in [1.54, 1.807) is 12.4 Å². The van der Waals surface area contributed by atoms with Gasteiger partial charge in [-0.05, 0) is 52.4 Å². The summed E-state index contributed by atoms with van der Waals surface area (Å²) in [4.78, 5) is 25.6. The number of carbonyl (C=O) groups excluding carboxylic acids is 1. The number of nitrogens with one attached hydrogen (secondary N) is 1. The summed E-state index contributed by atoms with van der Waals surface area (Å²) in [5, 5.41) is 2.96. The van der Waals surface area contributed by atoms with E-state index in [0.717, 1.165) is 38.3 Å². The van der Waals surface area contributed by atoms with Crippen molar-refractivity contribution >= 4 is 5.91 Å². The molecule has 120 valence electrons. The lowest BCUT2D eigenvalue weighted by molar-refractivity contribution is 0.0943. The highest BCUT2D eigenvalue weighted by molar-refractivity contribution is 5.91. The molecule has 0 spiro atoms. The molecule has 22 heavy (non-hydrogen) atoms. The Kier molecular flexibility index (Phi) is 5.00. The summed E-state index contributed by atoms with van der Waals surface area (Å²) in [7, 11) is 2.10. The molecule has 1 aromatic rings. The molecule has 6 heteroatoms. The van der Waals surface area contributed by atoms with Gasteiger partial charge in [0.05, 0.1) is 24.1 Å². The first-order valence-electron chi connectivity index (χ1n) is 8.27. The molecule has 1 N–H and O–H groups in total. The Morgan fingerprint density at radius 2 is 2.09 bits per heavy atom. The molecule has 0 aromatic carbocycles. The fourth-order valence-electron chi connectivity index (χ4n) is 3.36. The van der Waals surface area contributed by atoms with Gasteiger partial charge in [-0.1, -0.05) is 0 Å². The Morgan fingerprint density at radius 1 is 1.27 bits per heavy atom. The van der Waals surface area contributed by atoms with Gasteiger partial charge in [-0.15, -0.1) is 0 Å². The smallest absolute Gasteiger partial charge is 0.271 e. The van der Waals surface area contributed by atoms with Crippen molar-refractivity contribution in [3.63, 3.8) is 0 Å². The number of aromatic nitrogens is 2. The number of amides is 1. The van der Waals surface area contributed by atoms with E-state index < -0.39 is 0 Å². The first-order chi connectivity index (χ1) is 10.7. The van der Waals surface area contributed by atoms with Gasteiger partial charge in [-0.25, -0.2) is 4.98 Å². The molecule has 0 saturated carbocycles. The fourth-order valence-corrected chi connectivity index (χ4v) is 3.36. The van der Waals surface area contributed by atoms with Crippen LogP contribution in [0, 0.1) is 0 Å². The average Bonchev–Trinajstić information content (AvgIpc) is 3.19. The number of hydrogen-bond donors (Lipinski definition) is 1. The van der Waals surface area contributed by atoms with E-state index in [-0.39, 0.29) is 5.91 Å².